The zero-order valence-electron chi connectivity index (χ0n) is 22.9. The van der Waals surface area contributed by atoms with Gasteiger partial charge in [-0.15, -0.1) is 0 Å². The van der Waals surface area contributed by atoms with Crippen LogP contribution >= 0.6 is 0 Å². The summed E-state index contributed by atoms with van der Waals surface area (Å²) in [5, 5.41) is 11.7. The zero-order chi connectivity index (χ0) is 28.2. The molecule has 3 rings (SSSR count). The van der Waals surface area contributed by atoms with Crippen molar-refractivity contribution in [3.05, 3.63) is 83.7 Å². The first-order valence-corrected chi connectivity index (χ1v) is 12.9. The van der Waals surface area contributed by atoms with Gasteiger partial charge in [0.25, 0.3) is 0 Å². The number of aliphatic hydroxyl groups is 1. The number of ether oxygens (including phenoxy) is 3. The van der Waals surface area contributed by atoms with Gasteiger partial charge in [0.15, 0.2) is 5.60 Å². The van der Waals surface area contributed by atoms with Crippen LogP contribution in [0.5, 0.6) is 0 Å². The highest BCUT2D eigenvalue weighted by Gasteiger charge is 2.63. The van der Waals surface area contributed by atoms with Gasteiger partial charge in [-0.3, -0.25) is 9.59 Å². The van der Waals surface area contributed by atoms with Crippen molar-refractivity contribution in [2.45, 2.75) is 71.7 Å². The van der Waals surface area contributed by atoms with Gasteiger partial charge in [-0.2, -0.15) is 0 Å². The van der Waals surface area contributed by atoms with Gasteiger partial charge in [0.1, 0.15) is 18.0 Å². The molecule has 204 valence electrons. The van der Waals surface area contributed by atoms with Gasteiger partial charge in [0, 0.05) is 20.3 Å². The Labute approximate surface area is 224 Å². The van der Waals surface area contributed by atoms with E-state index in [4.69, 9.17) is 14.2 Å². The Morgan fingerprint density at radius 2 is 1.71 bits per heavy atom. The van der Waals surface area contributed by atoms with Crippen LogP contribution in [-0.2, 0) is 23.8 Å². The fourth-order valence-electron chi connectivity index (χ4n) is 5.64. The number of aliphatic hydroxyl groups excluding tert-OH is 1. The maximum Gasteiger partial charge on any atom is 0.338 e. The first-order valence-electron chi connectivity index (χ1n) is 12.9. The molecule has 1 aromatic rings. The Morgan fingerprint density at radius 3 is 2.29 bits per heavy atom. The second-order valence-corrected chi connectivity index (χ2v) is 10.5. The van der Waals surface area contributed by atoms with Gasteiger partial charge in [-0.1, -0.05) is 56.0 Å². The van der Waals surface area contributed by atoms with Crippen molar-refractivity contribution in [1.29, 1.82) is 0 Å². The van der Waals surface area contributed by atoms with E-state index in [1.807, 2.05) is 19.9 Å². The van der Waals surface area contributed by atoms with Crippen LogP contribution in [0.15, 0.2) is 78.1 Å². The Kier molecular flexibility index (Phi) is 9.02. The topological polar surface area (TPSA) is 99.1 Å². The lowest BCUT2D eigenvalue weighted by Crippen LogP contribution is -2.51. The van der Waals surface area contributed by atoms with Crippen LogP contribution in [-0.4, -0.2) is 40.8 Å². The van der Waals surface area contributed by atoms with E-state index in [0.29, 0.717) is 29.6 Å². The molecule has 0 aromatic heterocycles. The summed E-state index contributed by atoms with van der Waals surface area (Å²) in [5.74, 6) is -3.23. The smallest absolute Gasteiger partial charge is 0.338 e. The quantitative estimate of drug-likeness (QED) is 0.286. The molecular formula is C31H38O7. The minimum atomic E-state index is -1.62. The van der Waals surface area contributed by atoms with E-state index in [1.54, 1.807) is 43.3 Å². The van der Waals surface area contributed by atoms with E-state index < -0.39 is 41.6 Å². The third-order valence-electron chi connectivity index (χ3n) is 7.44. The number of carbonyl (C=O) groups excluding carboxylic acids is 3. The van der Waals surface area contributed by atoms with Gasteiger partial charge in [0.2, 0.25) is 0 Å². The molecule has 1 fully saturated rings. The van der Waals surface area contributed by atoms with Crippen molar-refractivity contribution in [2.75, 3.05) is 0 Å². The summed E-state index contributed by atoms with van der Waals surface area (Å²) in [6.07, 6.45) is 3.16. The van der Waals surface area contributed by atoms with Gasteiger partial charge < -0.3 is 19.3 Å². The number of fused-ring (bicyclic) bond motifs is 1. The number of rotatable bonds is 5. The first-order chi connectivity index (χ1) is 17.9. The molecule has 0 amide bonds. The molecule has 6 atom stereocenters. The molecule has 1 saturated carbocycles. The Morgan fingerprint density at radius 1 is 1.05 bits per heavy atom. The van der Waals surface area contributed by atoms with E-state index in [2.05, 4.69) is 13.2 Å². The first kappa shape index (κ1) is 29.0. The van der Waals surface area contributed by atoms with Crippen LogP contribution < -0.4 is 0 Å². The average molecular weight is 523 g/mol. The Hall–Kier alpha value is -3.61. The predicted molar refractivity (Wildman–Crippen MR) is 144 cm³/mol. The molecule has 7 heteroatoms. The molecule has 2 aliphatic carbocycles. The number of carbonyl (C=O) groups is 3. The summed E-state index contributed by atoms with van der Waals surface area (Å²) in [4.78, 5) is 38.1. The predicted octanol–water partition coefficient (Wildman–Crippen LogP) is 6.03. The molecule has 0 bridgehead atoms. The summed E-state index contributed by atoms with van der Waals surface area (Å²) in [7, 11) is 0. The maximum atomic E-state index is 13.2. The third-order valence-corrected chi connectivity index (χ3v) is 7.44. The molecule has 1 aromatic carbocycles. The fourth-order valence-corrected chi connectivity index (χ4v) is 5.64. The molecule has 0 saturated heterocycles. The lowest BCUT2D eigenvalue weighted by atomic mass is 9.78. The molecule has 0 aliphatic heterocycles. The molecular weight excluding hydrogens is 484 g/mol. The Bertz CT molecular complexity index is 1160. The van der Waals surface area contributed by atoms with Crippen molar-refractivity contribution >= 4 is 17.9 Å². The molecule has 38 heavy (non-hydrogen) atoms. The minimum Gasteiger partial charge on any atom is -0.508 e. The molecule has 7 nitrogen and oxygen atoms in total. The number of hydrogen-bond donors (Lipinski definition) is 1. The lowest BCUT2D eigenvalue weighted by Gasteiger charge is -2.40. The van der Waals surface area contributed by atoms with Crippen LogP contribution in [0.1, 0.15) is 64.2 Å². The van der Waals surface area contributed by atoms with Crippen LogP contribution in [0.3, 0.4) is 0 Å². The molecule has 1 unspecified atom stereocenters. The lowest BCUT2D eigenvalue weighted by molar-refractivity contribution is -0.172. The van der Waals surface area contributed by atoms with E-state index in [9.17, 15) is 19.5 Å². The SMILES string of the molecule is C=C(C)[C@@H]1/C=C/C(C)=C(/O)[C@@]2(OC(C)=O)C[C@H](C)[C@H](OC(=O)c3ccccc3)C2[C@@H](OC(C)=O)C(=C)CC1. The fraction of sp³-hybridized carbons (Fsp3) is 0.452. The third kappa shape index (κ3) is 6.09. The molecule has 0 heterocycles. The summed E-state index contributed by atoms with van der Waals surface area (Å²) >= 11 is 0. The van der Waals surface area contributed by atoms with E-state index >= 15 is 0 Å². The second kappa shape index (κ2) is 11.8. The number of allylic oxidation sites excluding steroid dienone is 4. The van der Waals surface area contributed by atoms with Crippen LogP contribution in [0.2, 0.25) is 0 Å². The number of esters is 3. The summed E-state index contributed by atoms with van der Waals surface area (Å²) in [5.41, 5.74) is 0.727. The largest absolute Gasteiger partial charge is 0.508 e. The second-order valence-electron chi connectivity index (χ2n) is 10.5. The van der Waals surface area contributed by atoms with Crippen LogP contribution in [0.4, 0.5) is 0 Å². The highest BCUT2D eigenvalue weighted by molar-refractivity contribution is 5.89. The van der Waals surface area contributed by atoms with Crippen molar-refractivity contribution < 1.29 is 33.7 Å². The standard InChI is InChI=1S/C31H38O7/c1-18(2)24-15-13-19(3)27(36-22(6)32)26-28(37-30(35)25-11-9-8-10-12-25)21(5)17-31(26,38-23(7)33)29(34)20(4)14-16-24/h8-12,14,16,21,24,26-28,34H,1,3,13,15,17H2,2,4-7H3/b16-14+,29-20+/t21-,24-,26?,27-,28-,31+/m0/s1. The molecule has 1 N–H and O–H groups in total. The van der Waals surface area contributed by atoms with E-state index in [-0.39, 0.29) is 24.0 Å². The molecule has 0 spiro atoms. The normalized spacial score (nSPS) is 32.3. The molecule has 2 aliphatic rings. The zero-order valence-corrected chi connectivity index (χ0v) is 22.9. The minimum absolute atomic E-state index is 0.0132. The van der Waals surface area contributed by atoms with Gasteiger partial charge in [-0.05, 0) is 61.8 Å². The van der Waals surface area contributed by atoms with Crippen molar-refractivity contribution in [1.82, 2.24) is 0 Å². The van der Waals surface area contributed by atoms with Gasteiger partial charge in [0.05, 0.1) is 11.5 Å². The number of hydrogen-bond acceptors (Lipinski definition) is 7. The number of benzene rings is 1. The van der Waals surface area contributed by atoms with Crippen LogP contribution in [0, 0.1) is 17.8 Å². The van der Waals surface area contributed by atoms with Crippen LogP contribution in [0.25, 0.3) is 0 Å². The Balaban J connectivity index is 2.24. The highest BCUT2D eigenvalue weighted by atomic mass is 16.6. The van der Waals surface area contributed by atoms with Gasteiger partial charge >= 0.3 is 17.9 Å². The summed E-state index contributed by atoms with van der Waals surface area (Å²) < 4.78 is 17.9. The maximum absolute atomic E-state index is 13.2. The van der Waals surface area contributed by atoms with Crippen molar-refractivity contribution in [3.8, 4) is 0 Å². The van der Waals surface area contributed by atoms with Gasteiger partial charge in [-0.25, -0.2) is 4.79 Å². The highest BCUT2D eigenvalue weighted by Crippen LogP contribution is 2.52. The van der Waals surface area contributed by atoms with Crippen molar-refractivity contribution in [3.63, 3.8) is 0 Å². The molecule has 0 radical (unpaired) electrons. The monoisotopic (exact) mass is 522 g/mol. The van der Waals surface area contributed by atoms with E-state index in [1.165, 1.54) is 13.8 Å². The van der Waals surface area contributed by atoms with E-state index in [0.717, 1.165) is 5.57 Å². The summed E-state index contributed by atoms with van der Waals surface area (Å²) in [6.45, 7) is 16.4. The average Bonchev–Trinajstić information content (AvgIpc) is 3.11. The van der Waals surface area contributed by atoms with Crippen molar-refractivity contribution in [2.24, 2.45) is 17.8 Å². The summed E-state index contributed by atoms with van der Waals surface area (Å²) in [6, 6.07) is 8.55.